The summed E-state index contributed by atoms with van der Waals surface area (Å²) in [5.41, 5.74) is 5.26. The summed E-state index contributed by atoms with van der Waals surface area (Å²) in [6.07, 6.45) is 4.28. The zero-order valence-electron chi connectivity index (χ0n) is 22.2. The highest BCUT2D eigenvalue weighted by Crippen LogP contribution is 2.30. The number of ketones is 1. The van der Waals surface area contributed by atoms with E-state index >= 15 is 0 Å². The van der Waals surface area contributed by atoms with E-state index in [0.29, 0.717) is 30.9 Å². The van der Waals surface area contributed by atoms with Crippen LogP contribution >= 0.6 is 0 Å². The van der Waals surface area contributed by atoms with Gasteiger partial charge in [-0.05, 0) is 47.5 Å². The van der Waals surface area contributed by atoms with Crippen LogP contribution in [0.25, 0.3) is 17.0 Å². The number of nitrogens with zero attached hydrogens (tertiary/aromatic N) is 2. The van der Waals surface area contributed by atoms with Crippen LogP contribution in [0.2, 0.25) is 0 Å². The highest BCUT2D eigenvalue weighted by Gasteiger charge is 2.23. The van der Waals surface area contributed by atoms with Crippen LogP contribution in [0.15, 0.2) is 121 Å². The van der Waals surface area contributed by atoms with Crippen molar-refractivity contribution in [3.8, 4) is 5.75 Å². The first-order valence-corrected chi connectivity index (χ1v) is 13.6. The van der Waals surface area contributed by atoms with Gasteiger partial charge in [-0.2, -0.15) is 0 Å². The van der Waals surface area contributed by atoms with E-state index in [2.05, 4.69) is 17.0 Å². The van der Waals surface area contributed by atoms with Crippen molar-refractivity contribution >= 4 is 28.7 Å². The topological polar surface area (TPSA) is 51.5 Å². The molecule has 1 fully saturated rings. The number of benzene rings is 4. The molecule has 0 spiro atoms. The molecule has 0 atom stereocenters. The Morgan fingerprint density at radius 3 is 2.23 bits per heavy atom. The lowest BCUT2D eigenvalue weighted by atomic mass is 9.99. The molecule has 0 bridgehead atoms. The Kier molecular flexibility index (Phi) is 7.38. The van der Waals surface area contributed by atoms with Crippen molar-refractivity contribution in [2.45, 2.75) is 19.6 Å². The number of piperidine rings is 1. The van der Waals surface area contributed by atoms with Crippen molar-refractivity contribution in [2.75, 3.05) is 13.1 Å². The number of carbonyl (C=O) groups is 2. The Labute approximate surface area is 233 Å². The summed E-state index contributed by atoms with van der Waals surface area (Å²) < 4.78 is 7.79. The van der Waals surface area contributed by atoms with Gasteiger partial charge >= 0.3 is 0 Å². The maximum absolute atomic E-state index is 13.5. The zero-order valence-corrected chi connectivity index (χ0v) is 22.2. The molecule has 1 aliphatic heterocycles. The van der Waals surface area contributed by atoms with Gasteiger partial charge in [-0.15, -0.1) is 0 Å². The lowest BCUT2D eigenvalue weighted by Crippen LogP contribution is -2.35. The molecule has 5 nitrogen and oxygen atoms in total. The van der Waals surface area contributed by atoms with Crippen molar-refractivity contribution in [3.63, 3.8) is 0 Å². The van der Waals surface area contributed by atoms with Crippen LogP contribution in [0, 0.1) is 0 Å². The third-order valence-electron chi connectivity index (χ3n) is 7.28. The van der Waals surface area contributed by atoms with Gasteiger partial charge in [-0.25, -0.2) is 0 Å². The molecule has 5 heteroatoms. The fourth-order valence-corrected chi connectivity index (χ4v) is 5.19. The van der Waals surface area contributed by atoms with Crippen LogP contribution in [-0.4, -0.2) is 34.2 Å². The van der Waals surface area contributed by atoms with E-state index in [0.717, 1.165) is 40.7 Å². The molecule has 0 aliphatic carbocycles. The molecule has 40 heavy (non-hydrogen) atoms. The minimum absolute atomic E-state index is 0.117. The Morgan fingerprint density at radius 2 is 1.50 bits per heavy atom. The lowest BCUT2D eigenvalue weighted by molar-refractivity contribution is -0.117. The summed E-state index contributed by atoms with van der Waals surface area (Å²) >= 11 is 0. The van der Waals surface area contributed by atoms with Crippen LogP contribution in [0.1, 0.15) is 33.5 Å². The molecule has 4 aromatic carbocycles. The van der Waals surface area contributed by atoms with Crippen LogP contribution in [0.5, 0.6) is 5.75 Å². The predicted molar refractivity (Wildman–Crippen MR) is 158 cm³/mol. The molecule has 0 saturated carbocycles. The van der Waals surface area contributed by atoms with E-state index in [1.165, 1.54) is 5.56 Å². The SMILES string of the molecule is O=C1CCN(Cc2ccccc2)C/C1=C\c1cn(C(=O)c2ccccc2)c2ccc(OCc3ccccc3)cc12. The van der Waals surface area contributed by atoms with E-state index in [1.807, 2.05) is 109 Å². The Morgan fingerprint density at radius 1 is 0.825 bits per heavy atom. The van der Waals surface area contributed by atoms with E-state index in [-0.39, 0.29) is 11.7 Å². The molecular weight excluding hydrogens is 496 g/mol. The van der Waals surface area contributed by atoms with Gasteiger partial charge in [0.05, 0.1) is 5.52 Å². The normalized spacial score (nSPS) is 15.0. The van der Waals surface area contributed by atoms with E-state index in [4.69, 9.17) is 4.74 Å². The number of carbonyl (C=O) groups excluding carboxylic acids is 2. The van der Waals surface area contributed by atoms with Gasteiger partial charge in [0.25, 0.3) is 5.91 Å². The summed E-state index contributed by atoms with van der Waals surface area (Å²) in [5, 5.41) is 0.871. The summed E-state index contributed by atoms with van der Waals surface area (Å²) in [4.78, 5) is 28.8. The van der Waals surface area contributed by atoms with Crippen molar-refractivity contribution in [1.82, 2.24) is 9.47 Å². The van der Waals surface area contributed by atoms with Gasteiger partial charge in [0.2, 0.25) is 0 Å². The maximum atomic E-state index is 13.5. The smallest absolute Gasteiger partial charge is 0.262 e. The Balaban J connectivity index is 1.35. The number of Topliss-reactive ketones (excluding diaryl/α,β-unsaturated/α-hetero) is 1. The van der Waals surface area contributed by atoms with E-state index in [1.54, 1.807) is 4.57 Å². The van der Waals surface area contributed by atoms with Crippen LogP contribution in [0.4, 0.5) is 0 Å². The molecule has 1 aromatic heterocycles. The third-order valence-corrected chi connectivity index (χ3v) is 7.28. The highest BCUT2D eigenvalue weighted by atomic mass is 16.5. The number of hydrogen-bond acceptors (Lipinski definition) is 4. The Bertz CT molecular complexity index is 1670. The third kappa shape index (κ3) is 5.65. The van der Waals surface area contributed by atoms with Gasteiger partial charge < -0.3 is 4.74 Å². The first-order chi connectivity index (χ1) is 19.6. The Hall–Kier alpha value is -4.74. The van der Waals surface area contributed by atoms with Gasteiger partial charge in [-0.1, -0.05) is 78.9 Å². The molecule has 2 heterocycles. The minimum atomic E-state index is -0.117. The van der Waals surface area contributed by atoms with Gasteiger partial charge in [0, 0.05) is 54.3 Å². The van der Waals surface area contributed by atoms with E-state index in [9.17, 15) is 9.59 Å². The van der Waals surface area contributed by atoms with Crippen LogP contribution in [0.3, 0.4) is 0 Å². The second kappa shape index (κ2) is 11.6. The average Bonchev–Trinajstić information content (AvgIpc) is 3.36. The molecule has 0 N–H and O–H groups in total. The molecule has 5 aromatic rings. The number of ether oxygens (including phenoxy) is 1. The predicted octanol–water partition coefficient (Wildman–Crippen LogP) is 6.77. The maximum Gasteiger partial charge on any atom is 0.262 e. The zero-order chi connectivity index (χ0) is 27.3. The number of aromatic nitrogens is 1. The average molecular weight is 527 g/mol. The van der Waals surface area contributed by atoms with Crippen molar-refractivity contribution in [2.24, 2.45) is 0 Å². The van der Waals surface area contributed by atoms with Crippen molar-refractivity contribution < 1.29 is 14.3 Å². The van der Waals surface area contributed by atoms with E-state index < -0.39 is 0 Å². The van der Waals surface area contributed by atoms with Crippen molar-refractivity contribution in [3.05, 3.63) is 143 Å². The molecule has 1 aliphatic rings. The fourth-order valence-electron chi connectivity index (χ4n) is 5.19. The molecule has 0 unspecified atom stereocenters. The highest BCUT2D eigenvalue weighted by molar-refractivity contribution is 6.07. The monoisotopic (exact) mass is 526 g/mol. The standard InChI is InChI=1S/C35H30N2O3/c38-34-18-19-36(22-26-10-4-1-5-11-26)23-30(34)20-29-24-37(35(39)28-14-8-3-9-15-28)33-17-16-31(21-32(29)33)40-25-27-12-6-2-7-13-27/h1-17,20-21,24H,18-19,22-23,25H2/b30-20+. The fraction of sp³-hybridized carbons (Fsp3) is 0.143. The molecule has 0 amide bonds. The summed E-state index contributed by atoms with van der Waals surface area (Å²) in [6.45, 7) is 2.53. The number of hydrogen-bond donors (Lipinski definition) is 0. The van der Waals surface area contributed by atoms with Gasteiger partial charge in [0.1, 0.15) is 12.4 Å². The first-order valence-electron chi connectivity index (χ1n) is 13.6. The molecule has 198 valence electrons. The quantitative estimate of drug-likeness (QED) is 0.220. The van der Waals surface area contributed by atoms with Gasteiger partial charge in [-0.3, -0.25) is 19.1 Å². The van der Waals surface area contributed by atoms with Crippen LogP contribution in [-0.2, 0) is 17.9 Å². The summed E-state index contributed by atoms with van der Waals surface area (Å²) in [7, 11) is 0. The lowest BCUT2D eigenvalue weighted by Gasteiger charge is -2.27. The van der Waals surface area contributed by atoms with Crippen LogP contribution < -0.4 is 4.74 Å². The number of rotatable bonds is 7. The largest absolute Gasteiger partial charge is 0.489 e. The summed E-state index contributed by atoms with van der Waals surface area (Å²) in [5.74, 6) is 0.742. The summed E-state index contributed by atoms with van der Waals surface area (Å²) in [6, 6.07) is 35.4. The second-order valence-electron chi connectivity index (χ2n) is 10.1. The number of fused-ring (bicyclic) bond motifs is 1. The molecule has 1 saturated heterocycles. The molecular formula is C35H30N2O3. The second-order valence-corrected chi connectivity index (χ2v) is 10.1. The molecule has 6 rings (SSSR count). The first kappa shape index (κ1) is 25.5. The number of likely N-dealkylation sites (tertiary alicyclic amines) is 1. The minimum Gasteiger partial charge on any atom is -0.489 e. The molecule has 0 radical (unpaired) electrons. The van der Waals surface area contributed by atoms with Gasteiger partial charge in [0.15, 0.2) is 5.78 Å². The van der Waals surface area contributed by atoms with Crippen molar-refractivity contribution in [1.29, 1.82) is 0 Å².